The third-order valence-electron chi connectivity index (χ3n) is 3.56. The minimum Gasteiger partial charge on any atom is -0.487 e. The van der Waals surface area contributed by atoms with Crippen LogP contribution in [0, 0.1) is 0 Å². The fourth-order valence-electron chi connectivity index (χ4n) is 2.30. The molecule has 0 bridgehead atoms. The van der Waals surface area contributed by atoms with E-state index in [9.17, 15) is 9.59 Å². The first kappa shape index (κ1) is 16.4. The monoisotopic (exact) mass is 386 g/mol. The standard InChI is InChI=1S/C18H15BrN2O3/c1-2-16(22)12-3-6-15(7-4-12)24-11-14-9-18(23)21-10-13(19)5-8-17(21)20-14/h3-10H,2,11H2,1H3. The molecule has 0 aliphatic carbocycles. The topological polar surface area (TPSA) is 60.7 Å². The van der Waals surface area contributed by atoms with Crippen molar-refractivity contribution in [1.82, 2.24) is 9.38 Å². The quantitative estimate of drug-likeness (QED) is 0.628. The van der Waals surface area contributed by atoms with E-state index in [4.69, 9.17) is 4.74 Å². The molecule has 0 aliphatic heterocycles. The Labute approximate surface area is 147 Å². The largest absolute Gasteiger partial charge is 0.487 e. The molecular formula is C18H15BrN2O3. The van der Waals surface area contributed by atoms with Crippen molar-refractivity contribution in [2.75, 3.05) is 0 Å². The number of carbonyl (C=O) groups is 1. The van der Waals surface area contributed by atoms with Crippen LogP contribution in [-0.4, -0.2) is 15.2 Å². The van der Waals surface area contributed by atoms with Gasteiger partial charge in [0.25, 0.3) is 5.56 Å². The van der Waals surface area contributed by atoms with Crippen molar-refractivity contribution in [3.05, 3.63) is 74.7 Å². The molecule has 0 fully saturated rings. The van der Waals surface area contributed by atoms with Gasteiger partial charge < -0.3 is 4.74 Å². The lowest BCUT2D eigenvalue weighted by Gasteiger charge is -2.08. The van der Waals surface area contributed by atoms with Crippen LogP contribution in [-0.2, 0) is 6.61 Å². The Morgan fingerprint density at radius 1 is 1.21 bits per heavy atom. The molecule has 3 rings (SSSR count). The second-order valence-corrected chi connectivity index (χ2v) is 6.17. The van der Waals surface area contributed by atoms with Gasteiger partial charge in [-0.05, 0) is 52.3 Å². The number of hydrogen-bond acceptors (Lipinski definition) is 4. The zero-order valence-electron chi connectivity index (χ0n) is 13.0. The normalized spacial score (nSPS) is 10.8. The van der Waals surface area contributed by atoms with Gasteiger partial charge in [0.15, 0.2) is 5.78 Å². The molecule has 0 spiro atoms. The maximum Gasteiger partial charge on any atom is 0.258 e. The third kappa shape index (κ3) is 3.54. The number of nitrogens with zero attached hydrogens (tertiary/aromatic N) is 2. The number of pyridine rings is 1. The SMILES string of the molecule is CCC(=O)c1ccc(OCc2cc(=O)n3cc(Br)ccc3n2)cc1. The zero-order valence-corrected chi connectivity index (χ0v) is 14.6. The predicted molar refractivity (Wildman–Crippen MR) is 94.6 cm³/mol. The summed E-state index contributed by atoms with van der Waals surface area (Å²) >= 11 is 3.33. The maximum atomic E-state index is 12.1. The Kier molecular flexibility index (Phi) is 4.76. The first-order valence-corrected chi connectivity index (χ1v) is 8.30. The van der Waals surface area contributed by atoms with E-state index >= 15 is 0 Å². The van der Waals surface area contributed by atoms with Crippen LogP contribution >= 0.6 is 15.9 Å². The van der Waals surface area contributed by atoms with E-state index in [1.807, 2.05) is 13.0 Å². The number of benzene rings is 1. The lowest BCUT2D eigenvalue weighted by molar-refractivity contribution is 0.0988. The van der Waals surface area contributed by atoms with E-state index < -0.39 is 0 Å². The highest BCUT2D eigenvalue weighted by Gasteiger charge is 2.06. The lowest BCUT2D eigenvalue weighted by Crippen LogP contribution is -2.16. The van der Waals surface area contributed by atoms with Crippen molar-refractivity contribution in [2.24, 2.45) is 0 Å². The average Bonchev–Trinajstić information content (AvgIpc) is 2.60. The molecule has 0 saturated carbocycles. The fourth-order valence-corrected chi connectivity index (χ4v) is 2.64. The molecule has 5 nitrogen and oxygen atoms in total. The molecule has 2 aromatic heterocycles. The Bertz CT molecular complexity index is 949. The summed E-state index contributed by atoms with van der Waals surface area (Å²) < 4.78 is 7.94. The number of ether oxygens (including phenoxy) is 1. The van der Waals surface area contributed by atoms with Gasteiger partial charge in [0, 0.05) is 28.7 Å². The molecule has 6 heteroatoms. The Hall–Kier alpha value is -2.47. The molecule has 0 unspecified atom stereocenters. The second kappa shape index (κ2) is 6.97. The van der Waals surface area contributed by atoms with Crippen molar-refractivity contribution in [1.29, 1.82) is 0 Å². The summed E-state index contributed by atoms with van der Waals surface area (Å²) in [4.78, 5) is 28.1. The molecule has 0 amide bonds. The minimum absolute atomic E-state index is 0.0944. The number of carbonyl (C=O) groups excluding carboxylic acids is 1. The molecule has 0 radical (unpaired) electrons. The number of aromatic nitrogens is 2. The third-order valence-corrected chi connectivity index (χ3v) is 4.03. The summed E-state index contributed by atoms with van der Waals surface area (Å²) in [5, 5.41) is 0. The Morgan fingerprint density at radius 3 is 2.67 bits per heavy atom. The van der Waals surface area contributed by atoms with E-state index in [-0.39, 0.29) is 17.9 Å². The molecule has 0 atom stereocenters. The van der Waals surface area contributed by atoms with Crippen LogP contribution in [0.2, 0.25) is 0 Å². The van der Waals surface area contributed by atoms with Gasteiger partial charge in [0.2, 0.25) is 0 Å². The molecule has 2 heterocycles. The van der Waals surface area contributed by atoms with Crippen LogP contribution in [0.25, 0.3) is 5.65 Å². The highest BCUT2D eigenvalue weighted by Crippen LogP contribution is 2.15. The summed E-state index contributed by atoms with van der Waals surface area (Å²) in [7, 11) is 0. The van der Waals surface area contributed by atoms with Crippen molar-refractivity contribution in [3.8, 4) is 5.75 Å². The van der Waals surface area contributed by atoms with E-state index in [1.165, 1.54) is 10.5 Å². The molecule has 3 aromatic rings. The van der Waals surface area contributed by atoms with Crippen molar-refractivity contribution < 1.29 is 9.53 Å². The number of Topliss-reactive ketones (excluding diaryl/α,β-unsaturated/α-hetero) is 1. The van der Waals surface area contributed by atoms with Gasteiger partial charge in [0.1, 0.15) is 18.0 Å². The van der Waals surface area contributed by atoms with Gasteiger partial charge in [-0.15, -0.1) is 0 Å². The predicted octanol–water partition coefficient (Wildman–Crippen LogP) is 3.63. The molecule has 0 aliphatic rings. The molecule has 0 saturated heterocycles. The van der Waals surface area contributed by atoms with Gasteiger partial charge in [-0.3, -0.25) is 14.0 Å². The summed E-state index contributed by atoms with van der Waals surface area (Å²) in [6.07, 6.45) is 2.15. The number of ketones is 1. The maximum absolute atomic E-state index is 12.1. The highest BCUT2D eigenvalue weighted by molar-refractivity contribution is 9.10. The van der Waals surface area contributed by atoms with Gasteiger partial charge in [-0.25, -0.2) is 4.98 Å². The Balaban J connectivity index is 1.77. The van der Waals surface area contributed by atoms with Gasteiger partial charge >= 0.3 is 0 Å². The smallest absolute Gasteiger partial charge is 0.258 e. The number of halogens is 1. The summed E-state index contributed by atoms with van der Waals surface area (Å²) in [5.41, 5.74) is 1.62. The van der Waals surface area contributed by atoms with Crippen LogP contribution in [0.4, 0.5) is 0 Å². The second-order valence-electron chi connectivity index (χ2n) is 5.25. The van der Waals surface area contributed by atoms with Crippen molar-refractivity contribution >= 4 is 27.4 Å². The summed E-state index contributed by atoms with van der Waals surface area (Å²) in [6.45, 7) is 2.01. The van der Waals surface area contributed by atoms with Gasteiger partial charge in [-0.1, -0.05) is 6.92 Å². The molecule has 0 N–H and O–H groups in total. The van der Waals surface area contributed by atoms with Crippen molar-refractivity contribution in [3.63, 3.8) is 0 Å². The average molecular weight is 387 g/mol. The van der Waals surface area contributed by atoms with Crippen molar-refractivity contribution in [2.45, 2.75) is 20.0 Å². The van der Waals surface area contributed by atoms with Crippen LogP contribution in [0.3, 0.4) is 0 Å². The molecule has 122 valence electrons. The van der Waals surface area contributed by atoms with Crippen LogP contribution < -0.4 is 10.3 Å². The van der Waals surface area contributed by atoms with Gasteiger partial charge in [-0.2, -0.15) is 0 Å². The number of rotatable bonds is 5. The van der Waals surface area contributed by atoms with Crippen LogP contribution in [0.15, 0.2) is 57.9 Å². The lowest BCUT2D eigenvalue weighted by atomic mass is 10.1. The first-order valence-electron chi connectivity index (χ1n) is 7.50. The van der Waals surface area contributed by atoms with Crippen LogP contribution in [0.5, 0.6) is 5.75 Å². The molecule has 24 heavy (non-hydrogen) atoms. The van der Waals surface area contributed by atoms with Gasteiger partial charge in [0.05, 0.1) is 5.69 Å². The van der Waals surface area contributed by atoms with E-state index in [0.29, 0.717) is 29.1 Å². The minimum atomic E-state index is -0.163. The number of fused-ring (bicyclic) bond motifs is 1. The summed E-state index contributed by atoms with van der Waals surface area (Å²) in [6, 6.07) is 12.0. The van der Waals surface area contributed by atoms with E-state index in [2.05, 4.69) is 20.9 Å². The first-order chi connectivity index (χ1) is 11.6. The Morgan fingerprint density at radius 2 is 1.96 bits per heavy atom. The van der Waals surface area contributed by atoms with Crippen LogP contribution in [0.1, 0.15) is 29.4 Å². The van der Waals surface area contributed by atoms with E-state index in [0.717, 1.165) is 4.47 Å². The molecule has 1 aromatic carbocycles. The molecular weight excluding hydrogens is 372 g/mol. The fraction of sp³-hybridized carbons (Fsp3) is 0.167. The zero-order chi connectivity index (χ0) is 17.1. The summed E-state index contributed by atoms with van der Waals surface area (Å²) in [5.74, 6) is 0.720. The van der Waals surface area contributed by atoms with E-state index in [1.54, 1.807) is 36.5 Å². The number of hydrogen-bond donors (Lipinski definition) is 0. The highest BCUT2D eigenvalue weighted by atomic mass is 79.9.